The third-order valence-corrected chi connectivity index (χ3v) is 8.17. The lowest BCUT2D eigenvalue weighted by atomic mass is 9.92. The number of rotatable bonds is 14. The molecule has 8 heteroatoms. The molecule has 3 rings (SSSR count). The fourth-order valence-electron chi connectivity index (χ4n) is 4.84. The number of thiophene rings is 1. The van der Waals surface area contributed by atoms with Gasteiger partial charge >= 0.3 is 11.9 Å². The Kier molecular flexibility index (Phi) is 10.4. The summed E-state index contributed by atoms with van der Waals surface area (Å²) >= 11 is 1.31. The minimum Gasteiger partial charge on any atom is -0.465 e. The van der Waals surface area contributed by atoms with Gasteiger partial charge in [0, 0.05) is 23.9 Å². The van der Waals surface area contributed by atoms with Crippen molar-refractivity contribution in [3.05, 3.63) is 57.8 Å². The molecule has 1 aliphatic heterocycles. The Morgan fingerprint density at radius 3 is 2.61 bits per heavy atom. The Morgan fingerprint density at radius 1 is 1.14 bits per heavy atom. The molecule has 1 fully saturated rings. The molecular weight excluding hydrogens is 484 g/mol. The van der Waals surface area contributed by atoms with E-state index in [1.165, 1.54) is 28.9 Å². The number of methoxy groups -OCH3 is 1. The Bertz CT molecular complexity index is 981. The van der Waals surface area contributed by atoms with Crippen LogP contribution < -0.4 is 0 Å². The van der Waals surface area contributed by atoms with Gasteiger partial charge in [-0.25, -0.2) is 4.79 Å². The van der Waals surface area contributed by atoms with Gasteiger partial charge in [0.2, 0.25) is 0 Å². The number of amides is 1. The fourth-order valence-corrected chi connectivity index (χ4v) is 5.81. The topological polar surface area (TPSA) is 66.8 Å². The van der Waals surface area contributed by atoms with Crippen LogP contribution in [0.1, 0.15) is 72.0 Å². The van der Waals surface area contributed by atoms with Gasteiger partial charge in [-0.05, 0) is 68.6 Å². The zero-order valence-electron chi connectivity index (χ0n) is 21.1. The summed E-state index contributed by atoms with van der Waals surface area (Å²) in [6.07, 6.45) is 4.75. The molecule has 2 aromatic rings. The molecule has 1 N–H and O–H groups in total. The van der Waals surface area contributed by atoms with Gasteiger partial charge in [-0.15, -0.1) is 11.3 Å². The normalized spacial score (nSPS) is 18.9. The van der Waals surface area contributed by atoms with Crippen LogP contribution >= 0.6 is 11.3 Å². The number of hydrogen-bond donors (Lipinski definition) is 1. The number of alkyl halides is 2. The smallest absolute Gasteiger partial charge is 0.348 e. The second-order valence-corrected chi connectivity index (χ2v) is 10.9. The number of ether oxygens (including phenoxy) is 1. The molecule has 1 aromatic heterocycles. The number of halogens is 2. The molecule has 0 spiro atoms. The quantitative estimate of drug-likeness (QED) is 0.249. The fraction of sp³-hybridized carbons (Fsp3) is 0.571. The van der Waals surface area contributed by atoms with E-state index in [-0.39, 0.29) is 12.5 Å². The van der Waals surface area contributed by atoms with Crippen LogP contribution in [0.15, 0.2) is 42.5 Å². The molecule has 0 saturated carbocycles. The highest BCUT2D eigenvalue weighted by molar-refractivity contribution is 7.13. The summed E-state index contributed by atoms with van der Waals surface area (Å²) in [5, 5.41) is 10.6. The van der Waals surface area contributed by atoms with Crippen molar-refractivity contribution in [2.75, 3.05) is 13.7 Å². The molecule has 2 heterocycles. The molecule has 36 heavy (non-hydrogen) atoms. The van der Waals surface area contributed by atoms with Crippen LogP contribution in [0.2, 0.25) is 0 Å². The number of aliphatic hydroxyl groups is 1. The maximum absolute atomic E-state index is 14.2. The van der Waals surface area contributed by atoms with E-state index in [0.717, 1.165) is 30.6 Å². The monoisotopic (exact) mass is 521 g/mol. The average Bonchev–Trinajstić information content (AvgIpc) is 3.43. The standard InChI is InChI=1S/C28H37F2NO4S/c1-20(9-6-7-12-21-10-4-3-5-11-21)24(32)16-14-22-19-28(29,30)27(34)31(22)18-8-13-23-15-17-25(36-23)26(33)35-2/h3-5,10-11,15,17,20,22,24,32H,6-9,12-14,16,18-19H2,1-2H3/t20-,22-,24+/m0/s1. The van der Waals surface area contributed by atoms with E-state index in [1.54, 1.807) is 6.07 Å². The predicted molar refractivity (Wildman–Crippen MR) is 137 cm³/mol. The van der Waals surface area contributed by atoms with E-state index < -0.39 is 36.4 Å². The van der Waals surface area contributed by atoms with E-state index in [2.05, 4.69) is 12.1 Å². The van der Waals surface area contributed by atoms with Crippen LogP contribution in [0.3, 0.4) is 0 Å². The Balaban J connectivity index is 1.43. The molecule has 1 aromatic carbocycles. The summed E-state index contributed by atoms with van der Waals surface area (Å²) in [6, 6.07) is 13.2. The van der Waals surface area contributed by atoms with Crippen molar-refractivity contribution in [2.24, 2.45) is 5.92 Å². The lowest BCUT2D eigenvalue weighted by Crippen LogP contribution is -2.37. The molecule has 3 atom stereocenters. The second kappa shape index (κ2) is 13.3. The molecule has 1 saturated heterocycles. The van der Waals surface area contributed by atoms with Gasteiger partial charge in [-0.3, -0.25) is 4.79 Å². The molecule has 198 valence electrons. The number of hydrogen-bond acceptors (Lipinski definition) is 5. The van der Waals surface area contributed by atoms with Gasteiger partial charge in [0.15, 0.2) is 0 Å². The van der Waals surface area contributed by atoms with Crippen molar-refractivity contribution in [3.8, 4) is 0 Å². The van der Waals surface area contributed by atoms with Gasteiger partial charge < -0.3 is 14.7 Å². The molecule has 0 unspecified atom stereocenters. The van der Waals surface area contributed by atoms with Crippen molar-refractivity contribution in [3.63, 3.8) is 0 Å². The lowest BCUT2D eigenvalue weighted by Gasteiger charge is -2.26. The first-order valence-corrected chi connectivity index (χ1v) is 13.6. The van der Waals surface area contributed by atoms with E-state index in [4.69, 9.17) is 4.74 Å². The van der Waals surface area contributed by atoms with Gasteiger partial charge in [0.25, 0.3) is 5.91 Å². The van der Waals surface area contributed by atoms with Crippen LogP contribution in [0.4, 0.5) is 8.78 Å². The Hall–Kier alpha value is -2.32. The van der Waals surface area contributed by atoms with Gasteiger partial charge in [0.05, 0.1) is 13.2 Å². The molecule has 0 radical (unpaired) electrons. The van der Waals surface area contributed by atoms with Crippen molar-refractivity contribution < 1.29 is 28.2 Å². The molecule has 0 aliphatic carbocycles. The SMILES string of the molecule is COC(=O)c1ccc(CCCN2C(=O)C(F)(F)C[C@@H]2CC[C@@H](O)[C@@H](C)CCCCc2ccccc2)s1. The average molecular weight is 522 g/mol. The summed E-state index contributed by atoms with van der Waals surface area (Å²) < 4.78 is 33.2. The summed E-state index contributed by atoms with van der Waals surface area (Å²) in [5.41, 5.74) is 1.31. The summed E-state index contributed by atoms with van der Waals surface area (Å²) in [5.74, 6) is -4.78. The lowest BCUT2D eigenvalue weighted by molar-refractivity contribution is -0.148. The first kappa shape index (κ1) is 28.3. The number of carbonyl (C=O) groups is 2. The summed E-state index contributed by atoms with van der Waals surface area (Å²) in [4.78, 5) is 26.7. The van der Waals surface area contributed by atoms with E-state index in [0.29, 0.717) is 30.6 Å². The van der Waals surface area contributed by atoms with Crippen molar-refractivity contribution in [1.29, 1.82) is 0 Å². The number of esters is 1. The van der Waals surface area contributed by atoms with E-state index in [9.17, 15) is 23.5 Å². The van der Waals surface area contributed by atoms with Crippen LogP contribution in [0.5, 0.6) is 0 Å². The van der Waals surface area contributed by atoms with E-state index in [1.807, 2.05) is 31.2 Å². The molecule has 1 aliphatic rings. The molecule has 0 bridgehead atoms. The molecular formula is C28H37F2NO4S. The number of likely N-dealkylation sites (tertiary alicyclic amines) is 1. The summed E-state index contributed by atoms with van der Waals surface area (Å²) in [7, 11) is 1.32. The number of unbranched alkanes of at least 4 members (excludes halogenated alkanes) is 1. The number of benzene rings is 1. The highest BCUT2D eigenvalue weighted by Crippen LogP contribution is 2.36. The first-order valence-electron chi connectivity index (χ1n) is 12.8. The van der Waals surface area contributed by atoms with Crippen LogP contribution in [-0.2, 0) is 22.4 Å². The van der Waals surface area contributed by atoms with Gasteiger partial charge in [-0.2, -0.15) is 8.78 Å². The van der Waals surface area contributed by atoms with Crippen LogP contribution in [0.25, 0.3) is 0 Å². The Morgan fingerprint density at radius 2 is 1.89 bits per heavy atom. The number of aryl methyl sites for hydroxylation is 2. The van der Waals surface area contributed by atoms with Crippen molar-refractivity contribution >= 4 is 23.2 Å². The summed E-state index contributed by atoms with van der Waals surface area (Å²) in [6.45, 7) is 2.23. The first-order chi connectivity index (χ1) is 17.2. The second-order valence-electron chi connectivity index (χ2n) is 9.78. The maximum Gasteiger partial charge on any atom is 0.348 e. The minimum absolute atomic E-state index is 0.0784. The maximum atomic E-state index is 14.2. The third kappa shape index (κ3) is 7.84. The largest absolute Gasteiger partial charge is 0.465 e. The van der Waals surface area contributed by atoms with Crippen molar-refractivity contribution in [1.82, 2.24) is 4.90 Å². The third-order valence-electron chi connectivity index (χ3n) is 7.05. The predicted octanol–water partition coefficient (Wildman–Crippen LogP) is 5.89. The Labute approximate surface area is 216 Å². The number of nitrogens with zero attached hydrogens (tertiary/aromatic N) is 1. The highest BCUT2D eigenvalue weighted by atomic mass is 32.1. The molecule has 1 amide bonds. The van der Waals surface area contributed by atoms with Crippen molar-refractivity contribution in [2.45, 2.75) is 82.8 Å². The zero-order valence-corrected chi connectivity index (χ0v) is 21.9. The minimum atomic E-state index is -3.35. The van der Waals surface area contributed by atoms with Gasteiger partial charge in [0.1, 0.15) is 4.88 Å². The van der Waals surface area contributed by atoms with Crippen LogP contribution in [-0.4, -0.2) is 53.6 Å². The number of carbonyl (C=O) groups excluding carboxylic acids is 2. The molecule has 5 nitrogen and oxygen atoms in total. The zero-order chi connectivity index (χ0) is 26.1. The number of aliphatic hydroxyl groups excluding tert-OH is 1. The van der Waals surface area contributed by atoms with E-state index >= 15 is 0 Å². The van der Waals surface area contributed by atoms with Gasteiger partial charge in [-0.1, -0.05) is 43.7 Å². The highest BCUT2D eigenvalue weighted by Gasteiger charge is 2.52. The van der Waals surface area contributed by atoms with Crippen LogP contribution in [0, 0.1) is 5.92 Å².